The number of halogens is 2. The molecule has 21 heavy (non-hydrogen) atoms. The number of hydrogen-bond acceptors (Lipinski definition) is 4. The number of likely N-dealkylation sites (tertiary alicyclic amines) is 1. The van der Waals surface area contributed by atoms with Crippen LogP contribution < -0.4 is 0 Å². The number of esters is 1. The average molecular weight is 299 g/mol. The van der Waals surface area contributed by atoms with Crippen LogP contribution in [0.15, 0.2) is 30.3 Å². The number of carbonyl (C=O) groups is 1. The van der Waals surface area contributed by atoms with Crippen LogP contribution in [0, 0.1) is 0 Å². The van der Waals surface area contributed by atoms with Crippen LogP contribution >= 0.6 is 0 Å². The van der Waals surface area contributed by atoms with Gasteiger partial charge in [0.25, 0.3) is 5.92 Å². The molecule has 0 aliphatic carbocycles. The van der Waals surface area contributed by atoms with Crippen molar-refractivity contribution < 1.29 is 23.0 Å². The Morgan fingerprint density at radius 2 is 2.10 bits per heavy atom. The third kappa shape index (κ3) is 4.47. The zero-order valence-corrected chi connectivity index (χ0v) is 11.9. The van der Waals surface area contributed by atoms with Gasteiger partial charge in [-0.15, -0.1) is 0 Å². The van der Waals surface area contributed by atoms with Crippen molar-refractivity contribution in [3.05, 3.63) is 35.9 Å². The number of ether oxygens (including phenoxy) is 2. The van der Waals surface area contributed by atoms with Gasteiger partial charge >= 0.3 is 5.97 Å². The highest BCUT2D eigenvalue weighted by molar-refractivity contribution is 5.70. The molecule has 1 aromatic rings. The number of benzene rings is 1. The first kappa shape index (κ1) is 15.9. The number of alkyl halides is 2. The Morgan fingerprint density at radius 3 is 2.76 bits per heavy atom. The summed E-state index contributed by atoms with van der Waals surface area (Å²) in [6.45, 7) is 1.60. The van der Waals surface area contributed by atoms with E-state index in [1.807, 2.05) is 30.3 Å². The third-order valence-electron chi connectivity index (χ3n) is 3.29. The van der Waals surface area contributed by atoms with Crippen LogP contribution in [0.2, 0.25) is 0 Å². The van der Waals surface area contributed by atoms with Gasteiger partial charge in [-0.05, 0) is 12.5 Å². The Kier molecular flexibility index (Phi) is 5.25. The monoisotopic (exact) mass is 299 g/mol. The summed E-state index contributed by atoms with van der Waals surface area (Å²) in [6, 6.07) is 9.42. The van der Waals surface area contributed by atoms with E-state index in [9.17, 15) is 13.6 Å². The van der Waals surface area contributed by atoms with E-state index in [0.717, 1.165) is 5.56 Å². The second-order valence-electron chi connectivity index (χ2n) is 5.02. The summed E-state index contributed by atoms with van der Waals surface area (Å²) in [4.78, 5) is 12.8. The van der Waals surface area contributed by atoms with Crippen molar-refractivity contribution in [3.8, 4) is 0 Å². The van der Waals surface area contributed by atoms with E-state index in [4.69, 9.17) is 4.74 Å². The van der Waals surface area contributed by atoms with Crippen LogP contribution in [0.25, 0.3) is 0 Å². The maximum Gasteiger partial charge on any atom is 0.332 e. The molecule has 1 saturated heterocycles. The molecular weight excluding hydrogens is 280 g/mol. The summed E-state index contributed by atoms with van der Waals surface area (Å²) in [5, 5.41) is 0. The SMILES string of the molecule is CCOC(=O)COC1CN(Cc2ccccc2)CC1(F)F. The van der Waals surface area contributed by atoms with E-state index in [1.165, 1.54) is 0 Å². The molecule has 4 nitrogen and oxygen atoms in total. The van der Waals surface area contributed by atoms with Crippen molar-refractivity contribution in [2.45, 2.75) is 25.5 Å². The van der Waals surface area contributed by atoms with Crippen molar-refractivity contribution in [1.29, 1.82) is 0 Å². The number of hydrogen-bond donors (Lipinski definition) is 0. The Balaban J connectivity index is 1.87. The van der Waals surface area contributed by atoms with Gasteiger partial charge in [0.05, 0.1) is 13.2 Å². The summed E-state index contributed by atoms with van der Waals surface area (Å²) < 4.78 is 37.5. The molecule has 0 N–H and O–H groups in total. The fourth-order valence-corrected chi connectivity index (χ4v) is 2.34. The minimum atomic E-state index is -2.96. The van der Waals surface area contributed by atoms with Gasteiger partial charge < -0.3 is 9.47 Å². The van der Waals surface area contributed by atoms with Gasteiger partial charge in [0.15, 0.2) is 0 Å². The number of carbonyl (C=O) groups excluding carboxylic acids is 1. The van der Waals surface area contributed by atoms with Gasteiger partial charge in [0, 0.05) is 13.1 Å². The molecule has 0 amide bonds. The van der Waals surface area contributed by atoms with Crippen LogP contribution in [-0.4, -0.2) is 49.2 Å². The molecule has 2 rings (SSSR count). The van der Waals surface area contributed by atoms with E-state index in [-0.39, 0.29) is 19.7 Å². The average Bonchev–Trinajstić information content (AvgIpc) is 2.72. The van der Waals surface area contributed by atoms with Gasteiger partial charge in [0.2, 0.25) is 0 Å². The quantitative estimate of drug-likeness (QED) is 0.754. The first-order valence-electron chi connectivity index (χ1n) is 6.92. The van der Waals surface area contributed by atoms with E-state index in [1.54, 1.807) is 11.8 Å². The summed E-state index contributed by atoms with van der Waals surface area (Å²) in [6.07, 6.45) is -1.27. The van der Waals surface area contributed by atoms with E-state index >= 15 is 0 Å². The fraction of sp³-hybridized carbons (Fsp3) is 0.533. The molecule has 0 bridgehead atoms. The van der Waals surface area contributed by atoms with Crippen LogP contribution in [-0.2, 0) is 20.8 Å². The summed E-state index contributed by atoms with van der Waals surface area (Å²) in [5.74, 6) is -3.57. The largest absolute Gasteiger partial charge is 0.464 e. The molecule has 1 fully saturated rings. The molecule has 0 radical (unpaired) electrons. The minimum absolute atomic E-state index is 0.0985. The smallest absolute Gasteiger partial charge is 0.332 e. The predicted octanol–water partition coefficient (Wildman–Crippen LogP) is 2.09. The minimum Gasteiger partial charge on any atom is -0.464 e. The van der Waals surface area contributed by atoms with Gasteiger partial charge in [0.1, 0.15) is 12.7 Å². The van der Waals surface area contributed by atoms with E-state index < -0.39 is 24.6 Å². The molecule has 116 valence electrons. The van der Waals surface area contributed by atoms with Crippen molar-refractivity contribution >= 4 is 5.97 Å². The van der Waals surface area contributed by atoms with Crippen molar-refractivity contribution in [3.63, 3.8) is 0 Å². The van der Waals surface area contributed by atoms with Crippen LogP contribution in [0.3, 0.4) is 0 Å². The third-order valence-corrected chi connectivity index (χ3v) is 3.29. The lowest BCUT2D eigenvalue weighted by Crippen LogP contribution is -2.35. The Bertz CT molecular complexity index is 467. The Morgan fingerprint density at radius 1 is 1.38 bits per heavy atom. The maximum atomic E-state index is 13.9. The molecule has 1 aliphatic heterocycles. The molecule has 1 aliphatic rings. The first-order chi connectivity index (χ1) is 10.0. The van der Waals surface area contributed by atoms with Crippen LogP contribution in [0.4, 0.5) is 8.78 Å². The number of nitrogens with zero attached hydrogens (tertiary/aromatic N) is 1. The van der Waals surface area contributed by atoms with Gasteiger partial charge in [-0.3, -0.25) is 4.90 Å². The van der Waals surface area contributed by atoms with Crippen LogP contribution in [0.1, 0.15) is 12.5 Å². The molecule has 1 atom stereocenters. The molecule has 1 unspecified atom stereocenters. The fourth-order valence-electron chi connectivity index (χ4n) is 2.34. The topological polar surface area (TPSA) is 38.8 Å². The zero-order valence-electron chi connectivity index (χ0n) is 11.9. The zero-order chi connectivity index (χ0) is 15.3. The Hall–Kier alpha value is -1.53. The number of rotatable bonds is 6. The van der Waals surface area contributed by atoms with Crippen molar-refractivity contribution in [2.24, 2.45) is 0 Å². The normalized spacial score (nSPS) is 21.4. The first-order valence-corrected chi connectivity index (χ1v) is 6.92. The molecule has 0 aromatic heterocycles. The second-order valence-corrected chi connectivity index (χ2v) is 5.02. The summed E-state index contributed by atoms with van der Waals surface area (Å²) in [5.41, 5.74) is 0.972. The van der Waals surface area contributed by atoms with Crippen LogP contribution in [0.5, 0.6) is 0 Å². The maximum absolute atomic E-state index is 13.9. The van der Waals surface area contributed by atoms with E-state index in [0.29, 0.717) is 6.54 Å². The predicted molar refractivity (Wildman–Crippen MR) is 73.0 cm³/mol. The lowest BCUT2D eigenvalue weighted by Gasteiger charge is -2.17. The molecular formula is C15H19F2NO3. The van der Waals surface area contributed by atoms with E-state index in [2.05, 4.69) is 4.74 Å². The Labute approximate surface area is 122 Å². The lowest BCUT2D eigenvalue weighted by molar-refractivity contribution is -0.158. The molecule has 0 spiro atoms. The molecule has 6 heteroatoms. The second kappa shape index (κ2) is 6.95. The van der Waals surface area contributed by atoms with Gasteiger partial charge in [-0.1, -0.05) is 30.3 Å². The highest BCUT2D eigenvalue weighted by Crippen LogP contribution is 2.30. The van der Waals surface area contributed by atoms with Crippen molar-refractivity contribution in [1.82, 2.24) is 4.90 Å². The molecule has 1 aromatic carbocycles. The highest BCUT2D eigenvalue weighted by atomic mass is 19.3. The summed E-state index contributed by atoms with van der Waals surface area (Å²) >= 11 is 0. The van der Waals surface area contributed by atoms with Crippen molar-refractivity contribution in [2.75, 3.05) is 26.3 Å². The standard InChI is InChI=1S/C15H19F2NO3/c1-2-20-14(19)10-21-13-9-18(11-15(13,16)17)8-12-6-4-3-5-7-12/h3-7,13H,2,8-11H2,1H3. The highest BCUT2D eigenvalue weighted by Gasteiger charge is 2.49. The lowest BCUT2D eigenvalue weighted by atomic mass is 10.2. The molecule has 1 heterocycles. The molecule has 0 saturated carbocycles. The summed E-state index contributed by atoms with van der Waals surface area (Å²) in [7, 11) is 0. The van der Waals surface area contributed by atoms with Gasteiger partial charge in [-0.25, -0.2) is 13.6 Å². The van der Waals surface area contributed by atoms with Gasteiger partial charge in [-0.2, -0.15) is 0 Å².